The SMILES string of the molecule is NCCC1CCCCN1C1CCCOCC1. The molecular formula is C13H26N2O. The van der Waals surface area contributed by atoms with Gasteiger partial charge in [-0.1, -0.05) is 6.42 Å². The Balaban J connectivity index is 1.92. The van der Waals surface area contributed by atoms with Crippen LogP contribution in [0.4, 0.5) is 0 Å². The Morgan fingerprint density at radius 3 is 2.88 bits per heavy atom. The van der Waals surface area contributed by atoms with Gasteiger partial charge in [0.1, 0.15) is 0 Å². The minimum absolute atomic E-state index is 0.752. The molecule has 0 amide bonds. The van der Waals surface area contributed by atoms with Crippen LogP contribution in [-0.4, -0.2) is 43.3 Å². The summed E-state index contributed by atoms with van der Waals surface area (Å²) in [5.74, 6) is 0. The van der Waals surface area contributed by atoms with Crippen LogP contribution >= 0.6 is 0 Å². The van der Waals surface area contributed by atoms with Gasteiger partial charge in [-0.3, -0.25) is 4.90 Å². The van der Waals surface area contributed by atoms with E-state index in [1.165, 1.54) is 51.5 Å². The standard InChI is InChI=1S/C13H26N2O/c14-8-6-12-4-1-2-9-15(12)13-5-3-10-16-11-7-13/h12-13H,1-11,14H2. The third-order valence-electron chi connectivity index (χ3n) is 4.06. The van der Waals surface area contributed by atoms with E-state index in [1.807, 2.05) is 0 Å². The smallest absolute Gasteiger partial charge is 0.0480 e. The maximum absolute atomic E-state index is 5.73. The van der Waals surface area contributed by atoms with Crippen LogP contribution in [0, 0.1) is 0 Å². The van der Waals surface area contributed by atoms with Crippen LogP contribution in [0.15, 0.2) is 0 Å². The highest BCUT2D eigenvalue weighted by molar-refractivity contribution is 4.83. The molecule has 94 valence electrons. The number of likely N-dealkylation sites (tertiary alicyclic amines) is 1. The molecule has 0 aromatic heterocycles. The van der Waals surface area contributed by atoms with Crippen LogP contribution in [0.1, 0.15) is 44.9 Å². The molecule has 0 aliphatic carbocycles. The number of nitrogens with zero attached hydrogens (tertiary/aromatic N) is 1. The van der Waals surface area contributed by atoms with E-state index in [2.05, 4.69) is 4.90 Å². The van der Waals surface area contributed by atoms with Crippen molar-refractivity contribution in [3.8, 4) is 0 Å². The van der Waals surface area contributed by atoms with E-state index >= 15 is 0 Å². The quantitative estimate of drug-likeness (QED) is 0.797. The fraction of sp³-hybridized carbons (Fsp3) is 1.00. The molecule has 2 atom stereocenters. The molecule has 2 fully saturated rings. The van der Waals surface area contributed by atoms with Gasteiger partial charge in [-0.25, -0.2) is 0 Å². The lowest BCUT2D eigenvalue weighted by atomic mass is 9.95. The second-order valence-corrected chi connectivity index (χ2v) is 5.16. The van der Waals surface area contributed by atoms with E-state index in [4.69, 9.17) is 10.5 Å². The maximum atomic E-state index is 5.73. The molecule has 2 unspecified atom stereocenters. The molecule has 3 heteroatoms. The lowest BCUT2D eigenvalue weighted by Gasteiger charge is -2.41. The summed E-state index contributed by atoms with van der Waals surface area (Å²) >= 11 is 0. The highest BCUT2D eigenvalue weighted by atomic mass is 16.5. The van der Waals surface area contributed by atoms with Gasteiger partial charge >= 0.3 is 0 Å². The van der Waals surface area contributed by atoms with E-state index in [9.17, 15) is 0 Å². The minimum Gasteiger partial charge on any atom is -0.381 e. The molecule has 0 spiro atoms. The molecular weight excluding hydrogens is 200 g/mol. The van der Waals surface area contributed by atoms with Crippen molar-refractivity contribution >= 4 is 0 Å². The molecule has 2 aliphatic heterocycles. The lowest BCUT2D eigenvalue weighted by Crippen LogP contribution is -2.47. The highest BCUT2D eigenvalue weighted by Gasteiger charge is 2.28. The van der Waals surface area contributed by atoms with E-state index in [1.54, 1.807) is 0 Å². The average molecular weight is 226 g/mol. The van der Waals surface area contributed by atoms with Gasteiger partial charge in [0.15, 0.2) is 0 Å². The van der Waals surface area contributed by atoms with Gasteiger partial charge in [-0.05, 0) is 51.6 Å². The minimum atomic E-state index is 0.752. The van der Waals surface area contributed by atoms with Crippen LogP contribution in [0.3, 0.4) is 0 Å². The van der Waals surface area contributed by atoms with Gasteiger partial charge in [0, 0.05) is 25.3 Å². The van der Waals surface area contributed by atoms with Crippen LogP contribution in [0.5, 0.6) is 0 Å². The molecule has 2 N–H and O–H groups in total. The number of piperidine rings is 1. The Hall–Kier alpha value is -0.120. The van der Waals surface area contributed by atoms with Crippen molar-refractivity contribution < 1.29 is 4.74 Å². The zero-order valence-corrected chi connectivity index (χ0v) is 10.4. The van der Waals surface area contributed by atoms with Gasteiger partial charge in [0.05, 0.1) is 0 Å². The summed E-state index contributed by atoms with van der Waals surface area (Å²) in [6.07, 6.45) is 9.08. The zero-order valence-electron chi connectivity index (χ0n) is 10.4. The van der Waals surface area contributed by atoms with E-state index in [0.29, 0.717) is 0 Å². The van der Waals surface area contributed by atoms with Gasteiger partial charge < -0.3 is 10.5 Å². The Bertz CT molecular complexity index is 188. The third-order valence-corrected chi connectivity index (χ3v) is 4.06. The maximum Gasteiger partial charge on any atom is 0.0480 e. The summed E-state index contributed by atoms with van der Waals surface area (Å²) in [5.41, 5.74) is 5.73. The zero-order chi connectivity index (χ0) is 11.2. The summed E-state index contributed by atoms with van der Waals surface area (Å²) in [5, 5.41) is 0. The molecule has 0 aromatic rings. The highest BCUT2D eigenvalue weighted by Crippen LogP contribution is 2.26. The number of nitrogens with two attached hydrogens (primary N) is 1. The summed E-state index contributed by atoms with van der Waals surface area (Å²) in [4.78, 5) is 2.74. The number of rotatable bonds is 3. The van der Waals surface area contributed by atoms with Gasteiger partial charge in [0.2, 0.25) is 0 Å². The van der Waals surface area contributed by atoms with Crippen molar-refractivity contribution in [3.63, 3.8) is 0 Å². The van der Waals surface area contributed by atoms with Crippen molar-refractivity contribution in [3.05, 3.63) is 0 Å². The normalized spacial score (nSPS) is 33.6. The lowest BCUT2D eigenvalue weighted by molar-refractivity contribution is 0.0743. The Labute approximate surface area is 99.3 Å². The van der Waals surface area contributed by atoms with E-state index in [0.717, 1.165) is 31.8 Å². The topological polar surface area (TPSA) is 38.5 Å². The van der Waals surface area contributed by atoms with Gasteiger partial charge in [0.25, 0.3) is 0 Å². The fourth-order valence-electron chi connectivity index (χ4n) is 3.22. The van der Waals surface area contributed by atoms with Crippen LogP contribution in [-0.2, 0) is 4.74 Å². The molecule has 3 nitrogen and oxygen atoms in total. The second-order valence-electron chi connectivity index (χ2n) is 5.16. The summed E-state index contributed by atoms with van der Waals surface area (Å²) in [6.45, 7) is 4.04. The fourth-order valence-corrected chi connectivity index (χ4v) is 3.22. The first-order valence-electron chi connectivity index (χ1n) is 6.95. The van der Waals surface area contributed by atoms with Crippen molar-refractivity contribution in [1.82, 2.24) is 4.90 Å². The first-order valence-corrected chi connectivity index (χ1v) is 6.95. The Morgan fingerprint density at radius 2 is 2.00 bits per heavy atom. The molecule has 2 heterocycles. The Kier molecular flexibility index (Phi) is 5.07. The molecule has 2 rings (SSSR count). The van der Waals surface area contributed by atoms with Crippen molar-refractivity contribution in [2.75, 3.05) is 26.3 Å². The van der Waals surface area contributed by atoms with Crippen LogP contribution in [0.2, 0.25) is 0 Å². The number of hydrogen-bond donors (Lipinski definition) is 1. The summed E-state index contributed by atoms with van der Waals surface area (Å²) in [7, 11) is 0. The molecule has 2 saturated heterocycles. The predicted molar refractivity (Wildman–Crippen MR) is 66.5 cm³/mol. The van der Waals surface area contributed by atoms with E-state index in [-0.39, 0.29) is 0 Å². The summed E-state index contributed by atoms with van der Waals surface area (Å²) < 4.78 is 5.56. The van der Waals surface area contributed by atoms with Crippen molar-refractivity contribution in [2.24, 2.45) is 5.73 Å². The van der Waals surface area contributed by atoms with Crippen LogP contribution < -0.4 is 5.73 Å². The predicted octanol–water partition coefficient (Wildman–Crippen LogP) is 1.76. The largest absolute Gasteiger partial charge is 0.381 e. The first kappa shape index (κ1) is 12.3. The monoisotopic (exact) mass is 226 g/mol. The molecule has 16 heavy (non-hydrogen) atoms. The van der Waals surface area contributed by atoms with Crippen molar-refractivity contribution in [2.45, 2.75) is 57.0 Å². The van der Waals surface area contributed by atoms with Gasteiger partial charge in [-0.15, -0.1) is 0 Å². The second kappa shape index (κ2) is 6.58. The molecule has 0 saturated carbocycles. The van der Waals surface area contributed by atoms with Crippen LogP contribution in [0.25, 0.3) is 0 Å². The number of hydrogen-bond acceptors (Lipinski definition) is 3. The van der Waals surface area contributed by atoms with Gasteiger partial charge in [-0.2, -0.15) is 0 Å². The molecule has 0 bridgehead atoms. The summed E-state index contributed by atoms with van der Waals surface area (Å²) in [6, 6.07) is 1.51. The third kappa shape index (κ3) is 3.19. The average Bonchev–Trinajstić information content (AvgIpc) is 2.59. The van der Waals surface area contributed by atoms with E-state index < -0.39 is 0 Å². The molecule has 0 radical (unpaired) electrons. The first-order chi connectivity index (χ1) is 7.92. The Morgan fingerprint density at radius 1 is 1.06 bits per heavy atom. The molecule has 2 aliphatic rings. The van der Waals surface area contributed by atoms with Crippen molar-refractivity contribution in [1.29, 1.82) is 0 Å². The number of ether oxygens (including phenoxy) is 1. The molecule has 0 aromatic carbocycles.